The van der Waals surface area contributed by atoms with Gasteiger partial charge >= 0.3 is 17.9 Å². The van der Waals surface area contributed by atoms with Crippen molar-refractivity contribution in [2.24, 2.45) is 5.41 Å². The van der Waals surface area contributed by atoms with Gasteiger partial charge in [0.1, 0.15) is 0 Å². The number of carboxylic acids is 3. The highest BCUT2D eigenvalue weighted by Gasteiger charge is 2.33. The lowest BCUT2D eigenvalue weighted by atomic mass is 9.92. The number of hydrogen-bond acceptors (Lipinski definition) is 9. The first-order chi connectivity index (χ1) is 16.4. The highest BCUT2D eigenvalue weighted by atomic mass is 16.5. The predicted octanol–water partition coefficient (Wildman–Crippen LogP) is 0.131. The maximum atomic E-state index is 12.2. The molecule has 0 unspecified atom stereocenters. The quantitative estimate of drug-likeness (QED) is 0.117. The number of hydrogen-bond donors (Lipinski definition) is 5. The van der Waals surface area contributed by atoms with Crippen LogP contribution < -0.4 is 5.32 Å². The van der Waals surface area contributed by atoms with Gasteiger partial charge in [0.15, 0.2) is 0 Å². The Morgan fingerprint density at radius 1 is 0.657 bits per heavy atom. The highest BCUT2D eigenvalue weighted by Crippen LogP contribution is 2.21. The summed E-state index contributed by atoms with van der Waals surface area (Å²) >= 11 is 0. The monoisotopic (exact) mass is 509 g/mol. The summed E-state index contributed by atoms with van der Waals surface area (Å²) in [6.07, 6.45) is -0.288. The largest absolute Gasteiger partial charge is 0.481 e. The Labute approximate surface area is 204 Å². The van der Waals surface area contributed by atoms with Gasteiger partial charge in [-0.05, 0) is 20.3 Å². The zero-order chi connectivity index (χ0) is 26.7. The van der Waals surface area contributed by atoms with Crippen molar-refractivity contribution in [1.29, 1.82) is 0 Å². The summed E-state index contributed by atoms with van der Waals surface area (Å²) in [6.45, 7) is 3.03. The molecule has 0 aliphatic heterocycles. The lowest BCUT2D eigenvalue weighted by Crippen LogP contribution is -2.45. The number of aliphatic hydroxyl groups is 1. The van der Waals surface area contributed by atoms with Crippen LogP contribution in [-0.4, -0.2) is 109 Å². The van der Waals surface area contributed by atoms with Crippen LogP contribution in [0, 0.1) is 5.41 Å². The molecular weight excluding hydrogens is 470 g/mol. The molecule has 0 saturated carbocycles. The number of carbonyl (C=O) groups excluding carboxylic acids is 1. The van der Waals surface area contributed by atoms with Crippen LogP contribution in [0.4, 0.5) is 0 Å². The summed E-state index contributed by atoms with van der Waals surface area (Å²) in [7, 11) is 0. The molecule has 0 heterocycles. The van der Waals surface area contributed by atoms with Gasteiger partial charge in [0, 0.05) is 18.6 Å². The average Bonchev–Trinajstić information content (AvgIpc) is 2.74. The first-order valence-corrected chi connectivity index (χ1v) is 11.3. The van der Waals surface area contributed by atoms with Gasteiger partial charge < -0.3 is 44.7 Å². The van der Waals surface area contributed by atoms with Gasteiger partial charge in [0.05, 0.1) is 77.5 Å². The minimum Gasteiger partial charge on any atom is -0.481 e. The molecule has 13 nitrogen and oxygen atoms in total. The molecule has 5 N–H and O–H groups in total. The number of rotatable bonds is 23. The van der Waals surface area contributed by atoms with Crippen LogP contribution in [0.1, 0.15) is 46.0 Å². The molecule has 1 amide bonds. The number of carbonyl (C=O) groups is 4. The molecule has 13 heteroatoms. The fourth-order valence-electron chi connectivity index (χ4n) is 2.83. The molecular formula is C22H39NO12. The third kappa shape index (κ3) is 18.7. The molecule has 0 aromatic rings. The minimum absolute atomic E-state index is 0.0299. The van der Waals surface area contributed by atoms with Gasteiger partial charge in [-0.25, -0.2) is 0 Å². The van der Waals surface area contributed by atoms with E-state index in [0.29, 0.717) is 6.42 Å². The van der Waals surface area contributed by atoms with Crippen LogP contribution in [0.2, 0.25) is 0 Å². The van der Waals surface area contributed by atoms with Crippen molar-refractivity contribution in [3.8, 4) is 0 Å². The van der Waals surface area contributed by atoms with Gasteiger partial charge in [-0.2, -0.15) is 0 Å². The molecule has 35 heavy (non-hydrogen) atoms. The summed E-state index contributed by atoms with van der Waals surface area (Å²) in [6, 6.07) is 0. The van der Waals surface area contributed by atoms with Crippen LogP contribution in [0.15, 0.2) is 0 Å². The van der Waals surface area contributed by atoms with E-state index in [1.807, 2.05) is 0 Å². The van der Waals surface area contributed by atoms with E-state index in [2.05, 4.69) is 5.32 Å². The van der Waals surface area contributed by atoms with Gasteiger partial charge in [0.2, 0.25) is 5.91 Å². The Balaban J connectivity index is 5.08. The second-order valence-electron chi connectivity index (χ2n) is 8.80. The Morgan fingerprint density at radius 3 is 1.31 bits per heavy atom. The van der Waals surface area contributed by atoms with Gasteiger partial charge in [-0.3, -0.25) is 19.2 Å². The third-order valence-electron chi connectivity index (χ3n) is 4.70. The molecule has 0 spiro atoms. The smallest absolute Gasteiger partial charge is 0.305 e. The summed E-state index contributed by atoms with van der Waals surface area (Å²) < 4.78 is 22.1. The summed E-state index contributed by atoms with van der Waals surface area (Å²) in [4.78, 5) is 44.5. The van der Waals surface area contributed by atoms with Crippen LogP contribution in [0.25, 0.3) is 0 Å². The first-order valence-electron chi connectivity index (χ1n) is 11.3. The topological polar surface area (TPSA) is 198 Å². The van der Waals surface area contributed by atoms with Crippen molar-refractivity contribution in [3.05, 3.63) is 0 Å². The standard InChI is InChI=1S/C22H39NO12/c1-21(2,7-8-24)23-17(25)3-9-32-13-22(14-33-10-4-18(26)27,15-34-11-5-19(28)29)16-35-12-6-20(30)31/h24H,3-16H2,1-2H3,(H,23,25)(H,26,27)(H,28,29)(H,30,31). The number of aliphatic hydroxyl groups excluding tert-OH is 1. The zero-order valence-corrected chi connectivity index (χ0v) is 20.5. The minimum atomic E-state index is -1.04. The Bertz CT molecular complexity index is 597. The number of nitrogens with one attached hydrogen (secondary N) is 1. The number of amides is 1. The van der Waals surface area contributed by atoms with E-state index in [0.717, 1.165) is 0 Å². The van der Waals surface area contributed by atoms with Crippen molar-refractivity contribution in [3.63, 3.8) is 0 Å². The summed E-state index contributed by atoms with van der Waals surface area (Å²) in [5, 5.41) is 38.3. The fourth-order valence-corrected chi connectivity index (χ4v) is 2.83. The normalized spacial score (nSPS) is 11.9. The maximum absolute atomic E-state index is 12.2. The van der Waals surface area contributed by atoms with Crippen molar-refractivity contribution < 1.29 is 58.6 Å². The lowest BCUT2D eigenvalue weighted by Gasteiger charge is -2.33. The molecule has 0 fully saturated rings. The van der Waals surface area contributed by atoms with E-state index < -0.39 is 28.9 Å². The molecule has 0 aromatic carbocycles. The fraction of sp³-hybridized carbons (Fsp3) is 0.818. The maximum Gasteiger partial charge on any atom is 0.305 e. The first kappa shape index (κ1) is 32.7. The molecule has 0 aliphatic rings. The molecule has 0 saturated heterocycles. The van der Waals surface area contributed by atoms with E-state index >= 15 is 0 Å². The highest BCUT2D eigenvalue weighted by molar-refractivity contribution is 5.76. The van der Waals surface area contributed by atoms with Gasteiger partial charge in [0.25, 0.3) is 0 Å². The number of carboxylic acid groups (broad SMARTS) is 3. The second-order valence-corrected chi connectivity index (χ2v) is 8.80. The molecule has 0 rings (SSSR count). The van der Waals surface area contributed by atoms with Crippen LogP contribution in [-0.2, 0) is 38.1 Å². The van der Waals surface area contributed by atoms with Crippen LogP contribution >= 0.6 is 0 Å². The van der Waals surface area contributed by atoms with E-state index in [1.54, 1.807) is 13.8 Å². The molecule has 0 aliphatic carbocycles. The molecule has 0 aromatic heterocycles. The van der Waals surface area contributed by atoms with Crippen molar-refractivity contribution in [1.82, 2.24) is 5.32 Å². The average molecular weight is 510 g/mol. The van der Waals surface area contributed by atoms with Crippen LogP contribution in [0.5, 0.6) is 0 Å². The van der Waals surface area contributed by atoms with Gasteiger partial charge in [-0.15, -0.1) is 0 Å². The van der Waals surface area contributed by atoms with E-state index in [4.69, 9.17) is 39.4 Å². The second kappa shape index (κ2) is 18.0. The Kier molecular flexibility index (Phi) is 16.8. The predicted molar refractivity (Wildman–Crippen MR) is 121 cm³/mol. The van der Waals surface area contributed by atoms with E-state index in [-0.39, 0.29) is 91.1 Å². The molecule has 0 bridgehead atoms. The molecule has 0 radical (unpaired) electrons. The van der Waals surface area contributed by atoms with Crippen LogP contribution in [0.3, 0.4) is 0 Å². The number of ether oxygens (including phenoxy) is 4. The number of aliphatic carboxylic acids is 3. The molecule has 0 atom stereocenters. The SMILES string of the molecule is CC(C)(CCO)NC(=O)CCOCC(COCCC(=O)O)(COCCC(=O)O)COCCC(=O)O. The van der Waals surface area contributed by atoms with Crippen molar-refractivity contribution >= 4 is 23.8 Å². The third-order valence-corrected chi connectivity index (χ3v) is 4.70. The lowest BCUT2D eigenvalue weighted by molar-refractivity contribution is -0.141. The molecule has 204 valence electrons. The summed E-state index contributed by atoms with van der Waals surface area (Å²) in [5.74, 6) is -3.41. The Morgan fingerprint density at radius 2 is 1.00 bits per heavy atom. The Hall–Kier alpha value is -2.32. The summed E-state index contributed by atoms with van der Waals surface area (Å²) in [5.41, 5.74) is -1.58. The van der Waals surface area contributed by atoms with E-state index in [9.17, 15) is 19.2 Å². The van der Waals surface area contributed by atoms with E-state index in [1.165, 1.54) is 0 Å². The zero-order valence-electron chi connectivity index (χ0n) is 20.5. The van der Waals surface area contributed by atoms with Gasteiger partial charge in [-0.1, -0.05) is 0 Å². The van der Waals surface area contributed by atoms with Crippen molar-refractivity contribution in [2.75, 3.05) is 59.5 Å². The van der Waals surface area contributed by atoms with Crippen molar-refractivity contribution in [2.45, 2.75) is 51.5 Å².